The summed E-state index contributed by atoms with van der Waals surface area (Å²) < 4.78 is 5.34. The molecule has 0 spiro atoms. The van der Waals surface area contributed by atoms with Gasteiger partial charge in [-0.1, -0.05) is 18.2 Å². The van der Waals surface area contributed by atoms with Crippen LogP contribution in [-0.4, -0.2) is 37.4 Å². The summed E-state index contributed by atoms with van der Waals surface area (Å²) in [6.07, 6.45) is 0.139. The van der Waals surface area contributed by atoms with Crippen molar-refractivity contribution in [3.63, 3.8) is 0 Å². The minimum atomic E-state index is -0.773. The largest absolute Gasteiger partial charge is 0.481 e. The number of rotatable bonds is 8. The van der Waals surface area contributed by atoms with Gasteiger partial charge in [-0.2, -0.15) is 0 Å². The Kier molecular flexibility index (Phi) is 6.22. The van der Waals surface area contributed by atoms with Crippen LogP contribution in [-0.2, 0) is 9.53 Å². The van der Waals surface area contributed by atoms with Gasteiger partial charge < -0.3 is 14.7 Å². The van der Waals surface area contributed by atoms with Gasteiger partial charge in [-0.15, -0.1) is 0 Å². The zero-order valence-corrected chi connectivity index (χ0v) is 11.1. The van der Waals surface area contributed by atoms with E-state index >= 15 is 0 Å². The van der Waals surface area contributed by atoms with Gasteiger partial charge in [0.05, 0.1) is 13.0 Å². The van der Waals surface area contributed by atoms with Crippen LogP contribution in [0.4, 0.5) is 5.69 Å². The quantitative estimate of drug-likeness (QED) is 0.720. The first-order valence-electron chi connectivity index (χ1n) is 6.25. The topological polar surface area (TPSA) is 49.8 Å². The van der Waals surface area contributed by atoms with Gasteiger partial charge in [0.15, 0.2) is 0 Å². The molecule has 0 atom stereocenters. The molecule has 4 heteroatoms. The van der Waals surface area contributed by atoms with Crippen LogP contribution < -0.4 is 4.90 Å². The third-order valence-corrected chi connectivity index (χ3v) is 2.76. The lowest BCUT2D eigenvalue weighted by atomic mass is 10.1. The molecule has 18 heavy (non-hydrogen) atoms. The summed E-state index contributed by atoms with van der Waals surface area (Å²) in [6, 6.07) is 8.00. The number of carbonyl (C=O) groups is 1. The first kappa shape index (κ1) is 14.5. The molecule has 0 saturated heterocycles. The number of carboxylic acids is 1. The van der Waals surface area contributed by atoms with Crippen molar-refractivity contribution in [2.45, 2.75) is 20.3 Å². The molecule has 0 unspecified atom stereocenters. The zero-order valence-electron chi connectivity index (χ0n) is 11.1. The first-order valence-corrected chi connectivity index (χ1v) is 6.25. The number of carboxylic acid groups (broad SMARTS) is 1. The number of ether oxygens (including phenoxy) is 1. The van der Waals surface area contributed by atoms with Gasteiger partial charge in [-0.05, 0) is 25.5 Å². The molecule has 0 aliphatic rings. The summed E-state index contributed by atoms with van der Waals surface area (Å²) in [7, 11) is 0. The first-order chi connectivity index (χ1) is 8.65. The van der Waals surface area contributed by atoms with Gasteiger partial charge in [0.1, 0.15) is 0 Å². The fourth-order valence-corrected chi connectivity index (χ4v) is 1.82. The van der Waals surface area contributed by atoms with E-state index in [0.29, 0.717) is 26.3 Å². The fraction of sp³-hybridized carbons (Fsp3) is 0.500. The van der Waals surface area contributed by atoms with Crippen molar-refractivity contribution < 1.29 is 14.6 Å². The Morgan fingerprint density at radius 1 is 1.33 bits per heavy atom. The van der Waals surface area contributed by atoms with Crippen molar-refractivity contribution >= 4 is 11.7 Å². The third-order valence-electron chi connectivity index (χ3n) is 2.76. The summed E-state index contributed by atoms with van der Waals surface area (Å²) in [6.45, 7) is 6.50. The second-order valence-corrected chi connectivity index (χ2v) is 4.11. The molecule has 0 aromatic heterocycles. The van der Waals surface area contributed by atoms with Crippen LogP contribution in [0.15, 0.2) is 24.3 Å². The second-order valence-electron chi connectivity index (χ2n) is 4.11. The molecule has 0 amide bonds. The summed E-state index contributed by atoms with van der Waals surface area (Å²) in [4.78, 5) is 12.8. The van der Waals surface area contributed by atoms with E-state index in [9.17, 15) is 4.79 Å². The minimum Gasteiger partial charge on any atom is -0.481 e. The lowest BCUT2D eigenvalue weighted by molar-refractivity contribution is -0.136. The van der Waals surface area contributed by atoms with E-state index in [1.54, 1.807) is 0 Å². The Bertz CT molecular complexity index is 379. The predicted octanol–water partition coefficient (Wildman–Crippen LogP) is 2.31. The van der Waals surface area contributed by atoms with Crippen LogP contribution in [0, 0.1) is 6.92 Å². The van der Waals surface area contributed by atoms with E-state index in [1.165, 1.54) is 0 Å². The SMILES string of the molecule is CCOCCN(CCC(=O)O)c1ccccc1C. The molecular formula is C14H21NO3. The van der Waals surface area contributed by atoms with Crippen LogP contribution in [0.5, 0.6) is 0 Å². The molecule has 0 bridgehead atoms. The monoisotopic (exact) mass is 251 g/mol. The Balaban J connectivity index is 2.69. The van der Waals surface area contributed by atoms with E-state index in [0.717, 1.165) is 11.3 Å². The van der Waals surface area contributed by atoms with Crippen LogP contribution >= 0.6 is 0 Å². The normalized spacial score (nSPS) is 10.3. The van der Waals surface area contributed by atoms with Crippen LogP contribution in [0.2, 0.25) is 0 Å². The third kappa shape index (κ3) is 4.75. The van der Waals surface area contributed by atoms with E-state index in [-0.39, 0.29) is 6.42 Å². The molecule has 1 aromatic carbocycles. The summed E-state index contributed by atoms with van der Waals surface area (Å²) in [5.41, 5.74) is 2.23. The van der Waals surface area contributed by atoms with Crippen molar-refractivity contribution in [3.05, 3.63) is 29.8 Å². The van der Waals surface area contributed by atoms with Gasteiger partial charge in [0.25, 0.3) is 0 Å². The average molecular weight is 251 g/mol. The summed E-state index contributed by atoms with van der Waals surface area (Å²) >= 11 is 0. The molecule has 0 fully saturated rings. The lowest BCUT2D eigenvalue weighted by Gasteiger charge is -2.25. The molecule has 0 radical (unpaired) electrons. The number of aryl methyl sites for hydroxylation is 1. The Labute approximate surface area is 108 Å². The Morgan fingerprint density at radius 2 is 2.06 bits per heavy atom. The van der Waals surface area contributed by atoms with E-state index < -0.39 is 5.97 Å². The summed E-state index contributed by atoms with van der Waals surface area (Å²) in [5.74, 6) is -0.773. The van der Waals surface area contributed by atoms with Crippen molar-refractivity contribution in [2.24, 2.45) is 0 Å². The van der Waals surface area contributed by atoms with Gasteiger partial charge in [-0.3, -0.25) is 4.79 Å². The molecule has 0 aliphatic heterocycles. The molecule has 1 N–H and O–H groups in total. The van der Waals surface area contributed by atoms with Crippen LogP contribution in [0.25, 0.3) is 0 Å². The predicted molar refractivity (Wildman–Crippen MR) is 72.1 cm³/mol. The van der Waals surface area contributed by atoms with Gasteiger partial charge in [0.2, 0.25) is 0 Å². The molecule has 4 nitrogen and oxygen atoms in total. The van der Waals surface area contributed by atoms with Gasteiger partial charge in [-0.25, -0.2) is 0 Å². The molecule has 0 heterocycles. The van der Waals surface area contributed by atoms with Crippen molar-refractivity contribution in [2.75, 3.05) is 31.2 Å². The van der Waals surface area contributed by atoms with E-state index in [2.05, 4.69) is 4.90 Å². The number of nitrogens with zero attached hydrogens (tertiary/aromatic N) is 1. The Hall–Kier alpha value is -1.55. The highest BCUT2D eigenvalue weighted by atomic mass is 16.5. The van der Waals surface area contributed by atoms with Gasteiger partial charge >= 0.3 is 5.97 Å². The molecule has 0 aliphatic carbocycles. The number of anilines is 1. The van der Waals surface area contributed by atoms with E-state index in [4.69, 9.17) is 9.84 Å². The maximum absolute atomic E-state index is 10.7. The number of hydrogen-bond acceptors (Lipinski definition) is 3. The smallest absolute Gasteiger partial charge is 0.305 e. The summed E-state index contributed by atoms with van der Waals surface area (Å²) in [5, 5.41) is 8.79. The molecule has 1 rings (SSSR count). The Morgan fingerprint density at radius 3 is 2.67 bits per heavy atom. The average Bonchev–Trinajstić information content (AvgIpc) is 2.34. The molecule has 0 saturated carbocycles. The molecular weight excluding hydrogens is 230 g/mol. The number of para-hydroxylation sites is 1. The van der Waals surface area contributed by atoms with Crippen molar-refractivity contribution in [1.29, 1.82) is 0 Å². The maximum atomic E-state index is 10.7. The van der Waals surface area contributed by atoms with Gasteiger partial charge in [0, 0.05) is 25.4 Å². The standard InChI is InChI=1S/C14H21NO3/c1-3-18-11-10-15(9-8-14(16)17)13-7-5-4-6-12(13)2/h4-7H,3,8-11H2,1-2H3,(H,16,17). The highest BCUT2D eigenvalue weighted by molar-refractivity contribution is 5.68. The second kappa shape index (κ2) is 7.71. The maximum Gasteiger partial charge on any atom is 0.305 e. The van der Waals surface area contributed by atoms with Crippen LogP contribution in [0.1, 0.15) is 18.9 Å². The fourth-order valence-electron chi connectivity index (χ4n) is 1.82. The zero-order chi connectivity index (χ0) is 13.4. The lowest BCUT2D eigenvalue weighted by Crippen LogP contribution is -2.30. The van der Waals surface area contributed by atoms with E-state index in [1.807, 2.05) is 38.1 Å². The number of hydrogen-bond donors (Lipinski definition) is 1. The molecule has 1 aromatic rings. The molecule has 100 valence electrons. The highest BCUT2D eigenvalue weighted by Crippen LogP contribution is 2.19. The minimum absolute atomic E-state index is 0.139. The number of benzene rings is 1. The van der Waals surface area contributed by atoms with Crippen molar-refractivity contribution in [3.8, 4) is 0 Å². The number of aliphatic carboxylic acids is 1. The van der Waals surface area contributed by atoms with Crippen molar-refractivity contribution in [1.82, 2.24) is 0 Å². The van der Waals surface area contributed by atoms with Crippen LogP contribution in [0.3, 0.4) is 0 Å². The highest BCUT2D eigenvalue weighted by Gasteiger charge is 2.10.